The minimum atomic E-state index is 0.130. The van der Waals surface area contributed by atoms with Crippen LogP contribution in [0.3, 0.4) is 0 Å². The molecule has 0 fully saturated rings. The van der Waals surface area contributed by atoms with Crippen LogP contribution in [0.4, 0.5) is 5.82 Å². The Kier molecular flexibility index (Phi) is 5.35. The van der Waals surface area contributed by atoms with Gasteiger partial charge in [-0.25, -0.2) is 9.97 Å². The Morgan fingerprint density at radius 2 is 2.33 bits per heavy atom. The summed E-state index contributed by atoms with van der Waals surface area (Å²) in [7, 11) is 0. The summed E-state index contributed by atoms with van der Waals surface area (Å²) in [5, 5.41) is 13.1. The van der Waals surface area contributed by atoms with E-state index in [2.05, 4.69) is 31.2 Å². The summed E-state index contributed by atoms with van der Waals surface area (Å²) in [6.45, 7) is 4.91. The van der Waals surface area contributed by atoms with Crippen molar-refractivity contribution in [2.24, 2.45) is 0 Å². The van der Waals surface area contributed by atoms with Crippen LogP contribution in [0.25, 0.3) is 0 Å². The maximum absolute atomic E-state index is 8.96. The molecule has 1 aromatic rings. The molecule has 0 aliphatic rings. The summed E-state index contributed by atoms with van der Waals surface area (Å²) in [6.07, 6.45) is 1.52. The van der Waals surface area contributed by atoms with Crippen LogP contribution in [0.2, 0.25) is 0 Å². The average molecular weight is 292 g/mol. The molecule has 84 valence electrons. The first-order valence-electron chi connectivity index (χ1n) is 4.70. The second-order valence-electron chi connectivity index (χ2n) is 2.98. The molecule has 1 unspecified atom stereocenters. The van der Waals surface area contributed by atoms with Crippen molar-refractivity contribution < 1.29 is 5.11 Å². The van der Waals surface area contributed by atoms with Crippen molar-refractivity contribution in [1.82, 2.24) is 9.97 Å². The monoisotopic (exact) mass is 291 g/mol. The number of nitrogens with zero attached hydrogens (tertiary/aromatic N) is 2. The second-order valence-corrected chi connectivity index (χ2v) is 5.20. The Labute approximate surface area is 102 Å². The van der Waals surface area contributed by atoms with Crippen LogP contribution in [0, 0.1) is 0 Å². The number of aliphatic hydroxyl groups excluding tert-OH is 1. The van der Waals surface area contributed by atoms with Gasteiger partial charge in [0.1, 0.15) is 17.2 Å². The third kappa shape index (κ3) is 3.62. The number of halogens is 1. The molecule has 0 saturated carbocycles. The molecular weight excluding hydrogens is 278 g/mol. The number of hydrogen-bond donors (Lipinski definition) is 2. The van der Waals surface area contributed by atoms with Gasteiger partial charge in [-0.3, -0.25) is 0 Å². The molecule has 1 heterocycles. The molecule has 0 aliphatic heterocycles. The number of nitrogens with one attached hydrogen (secondary N) is 1. The number of rotatable bonds is 5. The van der Waals surface area contributed by atoms with Crippen molar-refractivity contribution in [2.75, 3.05) is 18.5 Å². The molecule has 0 bridgehead atoms. The molecule has 4 nitrogen and oxygen atoms in total. The molecule has 1 rings (SSSR count). The summed E-state index contributed by atoms with van der Waals surface area (Å²) in [6, 6.07) is 0. The number of anilines is 1. The van der Waals surface area contributed by atoms with Crippen LogP contribution in [-0.4, -0.2) is 33.5 Å². The molecular formula is C9H14BrN3OS. The first-order valence-corrected chi connectivity index (χ1v) is 6.38. The van der Waals surface area contributed by atoms with E-state index >= 15 is 0 Å². The van der Waals surface area contributed by atoms with E-state index in [0.717, 1.165) is 21.9 Å². The zero-order valence-corrected chi connectivity index (χ0v) is 11.1. The van der Waals surface area contributed by atoms with Crippen LogP contribution in [0.5, 0.6) is 0 Å². The Bertz CT molecular complexity index is 324. The molecule has 6 heteroatoms. The third-order valence-electron chi connectivity index (χ3n) is 1.67. The molecule has 2 N–H and O–H groups in total. The first-order chi connectivity index (χ1) is 7.19. The summed E-state index contributed by atoms with van der Waals surface area (Å²) in [4.78, 5) is 8.28. The van der Waals surface area contributed by atoms with E-state index in [1.165, 1.54) is 18.1 Å². The van der Waals surface area contributed by atoms with Gasteiger partial charge in [0.2, 0.25) is 0 Å². The summed E-state index contributed by atoms with van der Waals surface area (Å²) in [5.41, 5.74) is 0. The average Bonchev–Trinajstić information content (AvgIpc) is 2.24. The first kappa shape index (κ1) is 12.7. The number of thioether (sulfide) groups is 1. The minimum absolute atomic E-state index is 0.130. The predicted molar refractivity (Wildman–Crippen MR) is 66.3 cm³/mol. The van der Waals surface area contributed by atoms with Crippen molar-refractivity contribution in [2.45, 2.75) is 24.1 Å². The lowest BCUT2D eigenvalue weighted by atomic mass is 10.5. The van der Waals surface area contributed by atoms with Gasteiger partial charge in [0, 0.05) is 11.8 Å². The van der Waals surface area contributed by atoms with Crippen molar-refractivity contribution in [3.8, 4) is 0 Å². The van der Waals surface area contributed by atoms with E-state index in [1.54, 1.807) is 0 Å². The summed E-state index contributed by atoms with van der Waals surface area (Å²) >= 11 is 4.97. The highest BCUT2D eigenvalue weighted by molar-refractivity contribution is 9.10. The van der Waals surface area contributed by atoms with Crippen molar-refractivity contribution in [3.05, 3.63) is 10.8 Å². The van der Waals surface area contributed by atoms with Gasteiger partial charge in [-0.05, 0) is 22.9 Å². The molecule has 0 aromatic carbocycles. The van der Waals surface area contributed by atoms with E-state index in [1.807, 2.05) is 13.8 Å². The number of hydrogen-bond acceptors (Lipinski definition) is 5. The standard InChI is InChI=1S/C9H14BrN3OS/c1-3-11-8-7(10)9(13-5-12-8)15-6(2)4-14/h5-6,14H,3-4H2,1-2H3,(H,11,12,13). The van der Waals surface area contributed by atoms with Crippen LogP contribution in [0.15, 0.2) is 15.8 Å². The maximum Gasteiger partial charge on any atom is 0.144 e. The molecule has 1 aromatic heterocycles. The van der Waals surface area contributed by atoms with E-state index in [0.29, 0.717) is 0 Å². The quantitative estimate of drug-likeness (QED) is 0.643. The molecule has 0 saturated heterocycles. The molecule has 0 aliphatic carbocycles. The fraction of sp³-hybridized carbons (Fsp3) is 0.556. The topological polar surface area (TPSA) is 58.0 Å². The van der Waals surface area contributed by atoms with E-state index in [9.17, 15) is 0 Å². The Hall–Kier alpha value is -0.330. The van der Waals surface area contributed by atoms with Gasteiger partial charge in [-0.2, -0.15) is 0 Å². The van der Waals surface area contributed by atoms with E-state index in [-0.39, 0.29) is 11.9 Å². The van der Waals surface area contributed by atoms with Crippen LogP contribution in [-0.2, 0) is 0 Å². The lowest BCUT2D eigenvalue weighted by Gasteiger charge is -2.10. The molecule has 0 spiro atoms. The normalized spacial score (nSPS) is 12.5. The van der Waals surface area contributed by atoms with Gasteiger partial charge in [0.15, 0.2) is 0 Å². The molecule has 0 radical (unpaired) electrons. The second kappa shape index (κ2) is 6.30. The fourth-order valence-electron chi connectivity index (χ4n) is 0.954. The van der Waals surface area contributed by atoms with Gasteiger partial charge < -0.3 is 10.4 Å². The van der Waals surface area contributed by atoms with Gasteiger partial charge in [0.05, 0.1) is 11.1 Å². The summed E-state index contributed by atoms with van der Waals surface area (Å²) < 4.78 is 0.858. The Balaban J connectivity index is 2.84. The molecule has 15 heavy (non-hydrogen) atoms. The van der Waals surface area contributed by atoms with Crippen LogP contribution >= 0.6 is 27.7 Å². The largest absolute Gasteiger partial charge is 0.395 e. The zero-order chi connectivity index (χ0) is 11.3. The minimum Gasteiger partial charge on any atom is -0.395 e. The lowest BCUT2D eigenvalue weighted by Crippen LogP contribution is -2.05. The SMILES string of the molecule is CCNc1ncnc(SC(C)CO)c1Br. The lowest BCUT2D eigenvalue weighted by molar-refractivity contribution is 0.300. The maximum atomic E-state index is 8.96. The number of aliphatic hydroxyl groups is 1. The van der Waals surface area contributed by atoms with Gasteiger partial charge >= 0.3 is 0 Å². The van der Waals surface area contributed by atoms with Gasteiger partial charge in [-0.1, -0.05) is 18.7 Å². The molecule has 0 amide bonds. The smallest absolute Gasteiger partial charge is 0.144 e. The van der Waals surface area contributed by atoms with E-state index in [4.69, 9.17) is 5.11 Å². The Morgan fingerprint density at radius 3 is 2.93 bits per heavy atom. The van der Waals surface area contributed by atoms with Crippen molar-refractivity contribution >= 4 is 33.5 Å². The van der Waals surface area contributed by atoms with E-state index < -0.39 is 0 Å². The van der Waals surface area contributed by atoms with Gasteiger partial charge in [0.25, 0.3) is 0 Å². The fourth-order valence-corrected chi connectivity index (χ4v) is 2.34. The Morgan fingerprint density at radius 1 is 1.60 bits per heavy atom. The van der Waals surface area contributed by atoms with Crippen molar-refractivity contribution in [1.29, 1.82) is 0 Å². The zero-order valence-electron chi connectivity index (χ0n) is 8.70. The highest BCUT2D eigenvalue weighted by Crippen LogP contribution is 2.32. The third-order valence-corrected chi connectivity index (χ3v) is 3.77. The number of aromatic nitrogens is 2. The predicted octanol–water partition coefficient (Wildman–Crippen LogP) is 2.14. The molecule has 1 atom stereocenters. The highest BCUT2D eigenvalue weighted by atomic mass is 79.9. The summed E-state index contributed by atoms with van der Waals surface area (Å²) in [5.74, 6) is 0.792. The highest BCUT2D eigenvalue weighted by Gasteiger charge is 2.11. The van der Waals surface area contributed by atoms with Crippen LogP contribution < -0.4 is 5.32 Å². The van der Waals surface area contributed by atoms with Crippen LogP contribution in [0.1, 0.15) is 13.8 Å². The van der Waals surface area contributed by atoms with Crippen molar-refractivity contribution in [3.63, 3.8) is 0 Å². The van der Waals surface area contributed by atoms with Gasteiger partial charge in [-0.15, -0.1) is 0 Å².